The van der Waals surface area contributed by atoms with Crippen LogP contribution in [-0.4, -0.2) is 34.0 Å². The van der Waals surface area contributed by atoms with Crippen LogP contribution in [0.4, 0.5) is 0 Å². The van der Waals surface area contributed by atoms with Gasteiger partial charge in [-0.3, -0.25) is 0 Å². The van der Waals surface area contributed by atoms with Gasteiger partial charge < -0.3 is 14.4 Å². The van der Waals surface area contributed by atoms with Crippen LogP contribution in [0.15, 0.2) is 0 Å². The molecule has 5 heteroatoms. The minimum Gasteiger partial charge on any atom is -0.391 e. The molecule has 2 unspecified atom stereocenters. The molecular weight excluding hydrogens is 228 g/mol. The molecule has 3 rings (SSSR count). The van der Waals surface area contributed by atoms with Crippen LogP contribution in [0, 0.1) is 0 Å². The van der Waals surface area contributed by atoms with E-state index < -0.39 is 0 Å². The smallest absolute Gasteiger partial charge is 0.150 e. The minimum atomic E-state index is -0.265. The molecule has 1 aromatic heterocycles. The van der Waals surface area contributed by atoms with Crippen LogP contribution in [0.25, 0.3) is 0 Å². The first-order chi connectivity index (χ1) is 7.75. The van der Waals surface area contributed by atoms with E-state index in [1.165, 1.54) is 0 Å². The Hall–Kier alpha value is -0.580. The molecule has 2 aliphatic rings. The lowest BCUT2D eigenvalue weighted by molar-refractivity contribution is 0.129. The number of imidazole rings is 1. The zero-order chi connectivity index (χ0) is 11.1. The van der Waals surface area contributed by atoms with Gasteiger partial charge >= 0.3 is 0 Å². The lowest BCUT2D eigenvalue weighted by Crippen LogP contribution is -2.26. The summed E-state index contributed by atoms with van der Waals surface area (Å²) in [5, 5.41) is 10.3. The average Bonchev–Trinajstić information content (AvgIpc) is 2.86. The molecule has 1 aromatic rings. The molecule has 1 fully saturated rings. The lowest BCUT2D eigenvalue weighted by atomic mass is 10.1. The fraction of sp³-hybridized carbons (Fsp3) is 0.727. The molecule has 16 heavy (non-hydrogen) atoms. The van der Waals surface area contributed by atoms with Gasteiger partial charge in [0, 0.05) is 12.5 Å². The summed E-state index contributed by atoms with van der Waals surface area (Å²) in [7, 11) is 0. The molecule has 0 bridgehead atoms. The van der Waals surface area contributed by atoms with Crippen LogP contribution < -0.4 is 0 Å². The van der Waals surface area contributed by atoms with E-state index >= 15 is 0 Å². The highest BCUT2D eigenvalue weighted by Gasteiger charge is 2.29. The van der Waals surface area contributed by atoms with Gasteiger partial charge in [0.1, 0.15) is 5.82 Å². The normalized spacial score (nSPS) is 29.4. The van der Waals surface area contributed by atoms with E-state index in [4.69, 9.17) is 16.3 Å². The first kappa shape index (κ1) is 10.6. The van der Waals surface area contributed by atoms with Gasteiger partial charge in [-0.1, -0.05) is 11.6 Å². The summed E-state index contributed by atoms with van der Waals surface area (Å²) in [6, 6.07) is 0. The maximum atomic E-state index is 9.71. The van der Waals surface area contributed by atoms with Crippen LogP contribution in [0.2, 0.25) is 5.15 Å². The van der Waals surface area contributed by atoms with Crippen molar-refractivity contribution in [3.8, 4) is 0 Å². The van der Waals surface area contributed by atoms with Crippen LogP contribution in [0.5, 0.6) is 0 Å². The quantitative estimate of drug-likeness (QED) is 0.809. The Bertz CT molecular complexity index is 399. The number of ether oxygens (including phenoxy) is 1. The number of halogens is 1. The van der Waals surface area contributed by atoms with Crippen LogP contribution in [0.1, 0.15) is 30.3 Å². The van der Waals surface area contributed by atoms with Gasteiger partial charge in [0.25, 0.3) is 0 Å². The number of rotatable bonds is 1. The highest BCUT2D eigenvalue weighted by Crippen LogP contribution is 2.31. The monoisotopic (exact) mass is 242 g/mol. The highest BCUT2D eigenvalue weighted by molar-refractivity contribution is 6.30. The van der Waals surface area contributed by atoms with Crippen molar-refractivity contribution in [3.05, 3.63) is 16.7 Å². The molecule has 1 N–H and O–H groups in total. The molecule has 0 amide bonds. The molecule has 0 radical (unpaired) electrons. The van der Waals surface area contributed by atoms with Gasteiger partial charge in [-0.05, 0) is 19.3 Å². The third-order valence-electron chi connectivity index (χ3n) is 3.46. The van der Waals surface area contributed by atoms with Gasteiger partial charge in [0.05, 0.1) is 24.9 Å². The van der Waals surface area contributed by atoms with Gasteiger partial charge in [-0.25, -0.2) is 4.98 Å². The Kier molecular flexibility index (Phi) is 2.65. The van der Waals surface area contributed by atoms with Gasteiger partial charge in [-0.2, -0.15) is 0 Å². The standard InChI is InChI=1S/C11H15ClN2O2/c12-10-9-2-1-8(15)5-14(9)11(13-10)7-3-4-16-6-7/h7-8,15H,1-6H2. The van der Waals surface area contributed by atoms with E-state index in [1.54, 1.807) is 0 Å². The predicted molar refractivity (Wildman–Crippen MR) is 59.7 cm³/mol. The Morgan fingerprint density at radius 2 is 2.31 bits per heavy atom. The molecule has 4 nitrogen and oxygen atoms in total. The summed E-state index contributed by atoms with van der Waals surface area (Å²) < 4.78 is 7.47. The van der Waals surface area contributed by atoms with Crippen molar-refractivity contribution in [1.82, 2.24) is 9.55 Å². The van der Waals surface area contributed by atoms with E-state index in [0.717, 1.165) is 44.0 Å². The summed E-state index contributed by atoms with van der Waals surface area (Å²) in [5.74, 6) is 1.34. The second-order valence-corrected chi connectivity index (χ2v) is 4.93. The van der Waals surface area contributed by atoms with E-state index in [2.05, 4.69) is 9.55 Å². The Balaban J connectivity index is 1.98. The lowest BCUT2D eigenvalue weighted by Gasteiger charge is -2.22. The van der Waals surface area contributed by atoms with E-state index in [0.29, 0.717) is 17.6 Å². The van der Waals surface area contributed by atoms with Crippen molar-refractivity contribution in [2.24, 2.45) is 0 Å². The second kappa shape index (κ2) is 4.02. The van der Waals surface area contributed by atoms with Gasteiger partial charge in [-0.15, -0.1) is 0 Å². The zero-order valence-electron chi connectivity index (χ0n) is 9.03. The van der Waals surface area contributed by atoms with E-state index in [9.17, 15) is 5.11 Å². The molecule has 2 aliphatic heterocycles. The van der Waals surface area contributed by atoms with Crippen molar-refractivity contribution in [2.75, 3.05) is 13.2 Å². The van der Waals surface area contributed by atoms with Gasteiger partial charge in [0.15, 0.2) is 5.15 Å². The van der Waals surface area contributed by atoms with Crippen molar-refractivity contribution in [3.63, 3.8) is 0 Å². The predicted octanol–water partition coefficient (Wildman–Crippen LogP) is 1.35. The molecule has 2 atom stereocenters. The molecule has 3 heterocycles. The Labute approximate surface area is 99.2 Å². The summed E-state index contributed by atoms with van der Waals surface area (Å²) in [4.78, 5) is 4.45. The van der Waals surface area contributed by atoms with Crippen molar-refractivity contribution in [2.45, 2.75) is 37.8 Å². The fourth-order valence-corrected chi connectivity index (χ4v) is 2.86. The first-order valence-electron chi connectivity index (χ1n) is 5.76. The van der Waals surface area contributed by atoms with Crippen molar-refractivity contribution < 1.29 is 9.84 Å². The number of aliphatic hydroxyl groups excluding tert-OH is 1. The van der Waals surface area contributed by atoms with E-state index in [-0.39, 0.29) is 6.10 Å². The minimum absolute atomic E-state index is 0.265. The number of aliphatic hydroxyl groups is 1. The third kappa shape index (κ3) is 1.65. The average molecular weight is 243 g/mol. The number of aromatic nitrogens is 2. The van der Waals surface area contributed by atoms with Crippen molar-refractivity contribution >= 4 is 11.6 Å². The van der Waals surface area contributed by atoms with Crippen LogP contribution >= 0.6 is 11.6 Å². The Morgan fingerprint density at radius 3 is 3.06 bits per heavy atom. The molecular formula is C11H15ClN2O2. The fourth-order valence-electron chi connectivity index (χ4n) is 2.57. The largest absolute Gasteiger partial charge is 0.391 e. The summed E-state index contributed by atoms with van der Waals surface area (Å²) in [6.07, 6.45) is 2.34. The first-order valence-corrected chi connectivity index (χ1v) is 6.14. The Morgan fingerprint density at radius 1 is 1.44 bits per heavy atom. The highest BCUT2D eigenvalue weighted by atomic mass is 35.5. The molecule has 0 aromatic carbocycles. The zero-order valence-corrected chi connectivity index (χ0v) is 9.78. The summed E-state index contributed by atoms with van der Waals surface area (Å²) >= 11 is 6.13. The SMILES string of the molecule is OC1CCc2c(Cl)nc(C3CCOC3)n2C1. The number of nitrogens with zero attached hydrogens (tertiary/aromatic N) is 2. The van der Waals surface area contributed by atoms with Gasteiger partial charge in [0.2, 0.25) is 0 Å². The molecule has 88 valence electrons. The van der Waals surface area contributed by atoms with Crippen LogP contribution in [0.3, 0.4) is 0 Å². The number of hydrogen-bond donors (Lipinski definition) is 1. The topological polar surface area (TPSA) is 47.3 Å². The molecule has 0 spiro atoms. The third-order valence-corrected chi connectivity index (χ3v) is 3.76. The number of fused-ring (bicyclic) bond motifs is 1. The number of hydrogen-bond acceptors (Lipinski definition) is 3. The molecule has 1 saturated heterocycles. The molecule has 0 aliphatic carbocycles. The second-order valence-electron chi connectivity index (χ2n) is 4.57. The van der Waals surface area contributed by atoms with E-state index in [1.807, 2.05) is 0 Å². The molecule has 0 saturated carbocycles. The summed E-state index contributed by atoms with van der Waals surface area (Å²) in [5.41, 5.74) is 1.08. The van der Waals surface area contributed by atoms with Crippen LogP contribution in [-0.2, 0) is 17.7 Å². The van der Waals surface area contributed by atoms with Crippen molar-refractivity contribution in [1.29, 1.82) is 0 Å². The maximum absolute atomic E-state index is 9.71. The maximum Gasteiger partial charge on any atom is 0.150 e. The summed E-state index contributed by atoms with van der Waals surface area (Å²) in [6.45, 7) is 2.15.